The van der Waals surface area contributed by atoms with Crippen LogP contribution < -0.4 is 16.9 Å². The molecule has 0 bridgehead atoms. The van der Waals surface area contributed by atoms with Gasteiger partial charge in [0.05, 0.1) is 0 Å². The highest BCUT2D eigenvalue weighted by molar-refractivity contribution is 5.85. The van der Waals surface area contributed by atoms with E-state index in [0.29, 0.717) is 19.4 Å². The predicted octanol–water partition coefficient (Wildman–Crippen LogP) is 0.562. The molecule has 1 aromatic carbocycles. The molecule has 0 spiro atoms. The molecule has 0 aromatic heterocycles. The van der Waals surface area contributed by atoms with Crippen molar-refractivity contribution in [2.75, 3.05) is 19.6 Å². The second-order valence-corrected chi connectivity index (χ2v) is 6.65. The van der Waals surface area contributed by atoms with Crippen molar-refractivity contribution in [3.63, 3.8) is 0 Å². The molecular weight excluding hydrogens is 392 g/mol. The first-order valence-corrected chi connectivity index (χ1v) is 9.77. The Morgan fingerprint density at radius 3 is 2.57 bits per heavy atom. The van der Waals surface area contributed by atoms with Gasteiger partial charge in [-0.15, -0.1) is 5.43 Å². The summed E-state index contributed by atoms with van der Waals surface area (Å²) in [6.45, 7) is 2.28. The maximum atomic E-state index is 12.9. The molecule has 0 radical (unpaired) electrons. The molecule has 1 atom stereocenters. The minimum Gasteiger partial charge on any atom is -0.459 e. The molecule has 11 heteroatoms. The van der Waals surface area contributed by atoms with Gasteiger partial charge in [0, 0.05) is 13.1 Å². The lowest BCUT2D eigenvalue weighted by atomic mass is 10.1. The van der Waals surface area contributed by atoms with Crippen molar-refractivity contribution in [2.45, 2.75) is 45.3 Å². The monoisotopic (exact) mass is 422 g/mol. The van der Waals surface area contributed by atoms with Crippen molar-refractivity contribution in [3.05, 3.63) is 46.0 Å². The van der Waals surface area contributed by atoms with Gasteiger partial charge in [-0.2, -0.15) is 0 Å². The van der Waals surface area contributed by atoms with Crippen molar-refractivity contribution < 1.29 is 19.4 Å². The molecule has 1 aromatic rings. The number of carbonyl (C=O) groups is 2. The number of hydrogen-bond acceptors (Lipinski definition) is 6. The van der Waals surface area contributed by atoms with Gasteiger partial charge in [0.25, 0.3) is 5.91 Å². The number of hydrogen-bond donors (Lipinski definition) is 3. The van der Waals surface area contributed by atoms with Gasteiger partial charge in [0.1, 0.15) is 13.2 Å². The third-order valence-electron chi connectivity index (χ3n) is 4.16. The molecule has 5 N–H and O–H groups in total. The number of carbonyl (C=O) groups excluding carboxylic acids is 2. The molecule has 0 saturated carbocycles. The normalized spacial score (nSPS) is 11.2. The average molecular weight is 422 g/mol. The Morgan fingerprint density at radius 1 is 1.27 bits per heavy atom. The molecule has 11 nitrogen and oxygen atoms in total. The van der Waals surface area contributed by atoms with E-state index < -0.39 is 23.0 Å². The largest absolute Gasteiger partial charge is 0.459 e. The van der Waals surface area contributed by atoms with Gasteiger partial charge in [-0.3, -0.25) is 14.6 Å². The van der Waals surface area contributed by atoms with Crippen LogP contribution in [0, 0.1) is 10.1 Å². The van der Waals surface area contributed by atoms with Crippen LogP contribution in [-0.2, 0) is 20.9 Å². The molecule has 166 valence electrons. The highest BCUT2D eigenvalue weighted by Crippen LogP contribution is 2.07. The molecule has 1 amide bonds. The molecule has 30 heavy (non-hydrogen) atoms. The number of aliphatic imine (C=N–C) groups is 1. The maximum absolute atomic E-state index is 12.9. The zero-order valence-corrected chi connectivity index (χ0v) is 17.2. The van der Waals surface area contributed by atoms with E-state index in [4.69, 9.17) is 16.2 Å². The van der Waals surface area contributed by atoms with E-state index in [1.165, 1.54) is 4.90 Å². The fraction of sp³-hybridized carbons (Fsp3) is 0.526. The molecule has 0 aliphatic rings. The van der Waals surface area contributed by atoms with E-state index in [2.05, 4.69) is 4.99 Å². The molecule has 1 rings (SSSR count). The Bertz CT molecular complexity index is 709. The van der Waals surface area contributed by atoms with Crippen LogP contribution in [0.25, 0.3) is 0 Å². The van der Waals surface area contributed by atoms with Crippen LogP contribution in [0.4, 0.5) is 0 Å². The number of guanidine groups is 1. The van der Waals surface area contributed by atoms with E-state index in [1.807, 2.05) is 42.7 Å². The first-order valence-electron chi connectivity index (χ1n) is 9.77. The van der Waals surface area contributed by atoms with Crippen molar-refractivity contribution >= 4 is 17.8 Å². The van der Waals surface area contributed by atoms with Gasteiger partial charge in [0.15, 0.2) is 17.0 Å². The Hall–Kier alpha value is -3.37. The second kappa shape index (κ2) is 13.7. The summed E-state index contributed by atoms with van der Waals surface area (Å²) in [6.07, 6.45) is 1.94. The van der Waals surface area contributed by atoms with E-state index in [9.17, 15) is 19.7 Å². The lowest BCUT2D eigenvalue weighted by Crippen LogP contribution is -2.50. The van der Waals surface area contributed by atoms with Gasteiger partial charge in [-0.05, 0) is 24.8 Å². The summed E-state index contributed by atoms with van der Waals surface area (Å²) in [4.78, 5) is 41.2. The number of amides is 1. The third-order valence-corrected chi connectivity index (χ3v) is 4.16. The minimum absolute atomic E-state index is 0.0879. The van der Waals surface area contributed by atoms with Crippen molar-refractivity contribution in [1.82, 2.24) is 10.3 Å². The van der Waals surface area contributed by atoms with Gasteiger partial charge >= 0.3 is 5.97 Å². The number of nitrogens with one attached hydrogen (secondary N) is 1. The summed E-state index contributed by atoms with van der Waals surface area (Å²) < 4.78 is 5.24. The van der Waals surface area contributed by atoms with Crippen LogP contribution in [0.5, 0.6) is 0 Å². The van der Waals surface area contributed by atoms with Crippen LogP contribution in [0.3, 0.4) is 0 Å². The molecule has 0 unspecified atom stereocenters. The molecule has 0 heterocycles. The summed E-state index contributed by atoms with van der Waals surface area (Å²) in [5, 5.41) is 10.2. The maximum Gasteiger partial charge on any atom is 0.325 e. The van der Waals surface area contributed by atoms with Crippen molar-refractivity contribution in [1.29, 1.82) is 0 Å². The number of unbranched alkanes of at least 4 members (excludes halogenated alkanes) is 1. The van der Waals surface area contributed by atoms with Gasteiger partial charge in [0.2, 0.25) is 0 Å². The Balaban J connectivity index is 2.74. The Kier molecular flexibility index (Phi) is 11.3. The Morgan fingerprint density at radius 2 is 1.97 bits per heavy atom. The summed E-state index contributed by atoms with van der Waals surface area (Å²) in [5.74, 6) is -1.21. The smallest absolute Gasteiger partial charge is 0.325 e. The zero-order valence-electron chi connectivity index (χ0n) is 17.2. The van der Waals surface area contributed by atoms with E-state index in [1.54, 1.807) is 0 Å². The summed E-state index contributed by atoms with van der Waals surface area (Å²) in [6, 6.07) is 8.05. The first-order chi connectivity index (χ1) is 14.3. The van der Waals surface area contributed by atoms with Crippen LogP contribution in [0.15, 0.2) is 35.3 Å². The minimum atomic E-state index is -1.10. The quantitative estimate of drug-likeness (QED) is 0.0976. The third kappa shape index (κ3) is 10.2. The lowest BCUT2D eigenvalue weighted by Gasteiger charge is -2.25. The topological polar surface area (TPSA) is 166 Å². The first kappa shape index (κ1) is 24.7. The number of hydrazine groups is 1. The predicted molar refractivity (Wildman–Crippen MR) is 112 cm³/mol. The number of benzene rings is 1. The highest BCUT2D eigenvalue weighted by Gasteiger charge is 2.29. The molecule has 0 aliphatic carbocycles. The van der Waals surface area contributed by atoms with Crippen LogP contribution in [-0.4, -0.2) is 53.4 Å². The number of esters is 1. The average Bonchev–Trinajstić information content (AvgIpc) is 2.71. The number of ether oxygens (including phenoxy) is 1. The number of rotatable bonds is 14. The molecule has 0 fully saturated rings. The SMILES string of the molecule is CCCCN(CC(=O)OCc1ccccc1)C(=O)[C@H](CCCN=C(N)N)N[N+](=O)[O-]. The van der Waals surface area contributed by atoms with Crippen molar-refractivity contribution in [2.24, 2.45) is 16.5 Å². The zero-order chi connectivity index (χ0) is 22.4. The molecule has 0 saturated heterocycles. The van der Waals surface area contributed by atoms with E-state index in [0.717, 1.165) is 12.0 Å². The van der Waals surface area contributed by atoms with Crippen LogP contribution in [0.1, 0.15) is 38.2 Å². The second-order valence-electron chi connectivity index (χ2n) is 6.65. The van der Waals surface area contributed by atoms with Gasteiger partial charge in [-0.25, -0.2) is 10.1 Å². The molecule has 0 aliphatic heterocycles. The Labute approximate surface area is 175 Å². The summed E-state index contributed by atoms with van der Waals surface area (Å²) in [5.41, 5.74) is 13.4. The number of nitrogens with two attached hydrogens (primary N) is 2. The van der Waals surface area contributed by atoms with Crippen molar-refractivity contribution in [3.8, 4) is 0 Å². The molecular formula is C19H30N6O5. The van der Waals surface area contributed by atoms with Gasteiger partial charge < -0.3 is 21.1 Å². The summed E-state index contributed by atoms with van der Waals surface area (Å²) in [7, 11) is 0. The lowest BCUT2D eigenvalue weighted by molar-refractivity contribution is -0.548. The van der Waals surface area contributed by atoms with E-state index in [-0.39, 0.29) is 32.1 Å². The van der Waals surface area contributed by atoms with Crippen LogP contribution in [0.2, 0.25) is 0 Å². The fourth-order valence-corrected chi connectivity index (χ4v) is 2.65. The number of nitrogens with zero attached hydrogens (tertiary/aromatic N) is 3. The fourth-order valence-electron chi connectivity index (χ4n) is 2.65. The van der Waals surface area contributed by atoms with E-state index >= 15 is 0 Å². The summed E-state index contributed by atoms with van der Waals surface area (Å²) >= 11 is 0. The number of nitro groups is 1. The highest BCUT2D eigenvalue weighted by atomic mass is 16.7. The van der Waals surface area contributed by atoms with Gasteiger partial charge in [-0.1, -0.05) is 43.7 Å². The standard InChI is InChI=1S/C19H30N6O5/c1-2-3-12-24(13-17(26)30-14-15-8-5-4-6-9-15)18(27)16(23-25(28)29)10-7-11-22-19(20)21/h4-6,8-9,16,23H,2-3,7,10-14H2,1H3,(H4,20,21,22)/t16-/m0/s1. The van der Waals surface area contributed by atoms with Crippen LogP contribution >= 0.6 is 0 Å².